The molecule has 32 heavy (non-hydrogen) atoms. The van der Waals surface area contributed by atoms with E-state index in [4.69, 9.17) is 9.47 Å². The molecule has 0 radical (unpaired) electrons. The van der Waals surface area contributed by atoms with Crippen molar-refractivity contribution in [1.29, 1.82) is 5.26 Å². The Morgan fingerprint density at radius 2 is 1.97 bits per heavy atom. The molecule has 1 aliphatic rings. The standard InChI is InChI=1S/C24H30N4O4/c1-16-20(17(2)27-24(30)21(16)14-25)8-9-23(29)26-15-22(28-10-12-32-13-11-28)18-4-6-19(31-3)7-5-18/h4-7,22H,8-13,15H2,1-3H3,(H,26,29)(H,27,30). The van der Waals surface area contributed by atoms with Crippen molar-refractivity contribution in [3.8, 4) is 11.8 Å². The number of carbonyl (C=O) groups is 1. The van der Waals surface area contributed by atoms with Crippen LogP contribution in [0.25, 0.3) is 0 Å². The van der Waals surface area contributed by atoms with Gasteiger partial charge in [-0.05, 0) is 49.1 Å². The van der Waals surface area contributed by atoms with E-state index in [-0.39, 0.29) is 29.5 Å². The van der Waals surface area contributed by atoms with Crippen molar-refractivity contribution in [2.75, 3.05) is 40.0 Å². The minimum Gasteiger partial charge on any atom is -0.497 e. The maximum atomic E-state index is 12.7. The molecule has 2 aromatic rings. The summed E-state index contributed by atoms with van der Waals surface area (Å²) in [6.45, 7) is 6.99. The molecule has 2 N–H and O–H groups in total. The number of aryl methyl sites for hydroxylation is 1. The summed E-state index contributed by atoms with van der Waals surface area (Å²) >= 11 is 0. The summed E-state index contributed by atoms with van der Waals surface area (Å²) in [4.78, 5) is 29.6. The normalized spacial score (nSPS) is 15.1. The monoisotopic (exact) mass is 438 g/mol. The Kier molecular flexibility index (Phi) is 8.03. The van der Waals surface area contributed by atoms with Crippen molar-refractivity contribution >= 4 is 5.91 Å². The van der Waals surface area contributed by atoms with Crippen LogP contribution >= 0.6 is 0 Å². The number of carbonyl (C=O) groups excluding carboxylic acids is 1. The predicted molar refractivity (Wildman–Crippen MR) is 121 cm³/mol. The third-order valence-corrected chi connectivity index (χ3v) is 6.00. The lowest BCUT2D eigenvalue weighted by Crippen LogP contribution is -2.43. The summed E-state index contributed by atoms with van der Waals surface area (Å²) in [5.74, 6) is 0.724. The number of hydrogen-bond donors (Lipinski definition) is 2. The highest BCUT2D eigenvalue weighted by atomic mass is 16.5. The molecular formula is C24H30N4O4. The Morgan fingerprint density at radius 3 is 2.59 bits per heavy atom. The lowest BCUT2D eigenvalue weighted by molar-refractivity contribution is -0.121. The Morgan fingerprint density at radius 1 is 1.28 bits per heavy atom. The van der Waals surface area contributed by atoms with E-state index >= 15 is 0 Å². The number of rotatable bonds is 8. The van der Waals surface area contributed by atoms with Crippen LogP contribution in [-0.2, 0) is 16.0 Å². The highest BCUT2D eigenvalue weighted by Gasteiger charge is 2.23. The Labute approximate surface area is 188 Å². The van der Waals surface area contributed by atoms with Crippen LogP contribution in [0.15, 0.2) is 29.1 Å². The minimum atomic E-state index is -0.386. The molecule has 1 aliphatic heterocycles. The number of morpholine rings is 1. The predicted octanol–water partition coefficient (Wildman–Crippen LogP) is 1.99. The number of aromatic amines is 1. The number of H-pyrrole nitrogens is 1. The Balaban J connectivity index is 1.66. The highest BCUT2D eigenvalue weighted by molar-refractivity contribution is 5.76. The van der Waals surface area contributed by atoms with Gasteiger partial charge in [-0.1, -0.05) is 12.1 Å². The zero-order chi connectivity index (χ0) is 23.1. The summed E-state index contributed by atoms with van der Waals surface area (Å²) in [6, 6.07) is 9.91. The maximum absolute atomic E-state index is 12.7. The van der Waals surface area contributed by atoms with Crippen LogP contribution in [0, 0.1) is 25.2 Å². The van der Waals surface area contributed by atoms with Crippen LogP contribution in [0.3, 0.4) is 0 Å². The van der Waals surface area contributed by atoms with E-state index in [2.05, 4.69) is 15.2 Å². The maximum Gasteiger partial charge on any atom is 0.266 e. The van der Waals surface area contributed by atoms with Gasteiger partial charge in [0.05, 0.1) is 26.4 Å². The van der Waals surface area contributed by atoms with E-state index in [1.165, 1.54) is 0 Å². The number of nitrogens with one attached hydrogen (secondary N) is 2. The number of ether oxygens (including phenoxy) is 2. The molecule has 0 bridgehead atoms. The molecule has 0 saturated carbocycles. The Bertz CT molecular complexity index is 1030. The molecule has 1 unspecified atom stereocenters. The number of aromatic nitrogens is 1. The summed E-state index contributed by atoms with van der Waals surface area (Å²) in [7, 11) is 1.64. The molecule has 0 spiro atoms. The number of hydrogen-bond acceptors (Lipinski definition) is 6. The van der Waals surface area contributed by atoms with Crippen LogP contribution in [0.2, 0.25) is 0 Å². The molecule has 8 nitrogen and oxygen atoms in total. The van der Waals surface area contributed by atoms with Gasteiger partial charge >= 0.3 is 0 Å². The van der Waals surface area contributed by atoms with Gasteiger partial charge in [-0.25, -0.2) is 0 Å². The van der Waals surface area contributed by atoms with Crippen molar-refractivity contribution in [2.24, 2.45) is 0 Å². The molecule has 0 aliphatic carbocycles. The van der Waals surface area contributed by atoms with Gasteiger partial charge in [0.2, 0.25) is 5.91 Å². The van der Waals surface area contributed by atoms with Gasteiger partial charge < -0.3 is 19.8 Å². The summed E-state index contributed by atoms with van der Waals surface area (Å²) in [5.41, 5.74) is 3.02. The van der Waals surface area contributed by atoms with Gasteiger partial charge in [-0.15, -0.1) is 0 Å². The van der Waals surface area contributed by atoms with E-state index < -0.39 is 0 Å². The highest BCUT2D eigenvalue weighted by Crippen LogP contribution is 2.24. The first-order valence-electron chi connectivity index (χ1n) is 10.8. The van der Waals surface area contributed by atoms with Crippen LogP contribution in [0.5, 0.6) is 5.75 Å². The first kappa shape index (κ1) is 23.5. The van der Waals surface area contributed by atoms with Crippen molar-refractivity contribution in [3.05, 3.63) is 62.6 Å². The van der Waals surface area contributed by atoms with Gasteiger partial charge in [-0.3, -0.25) is 14.5 Å². The molecule has 8 heteroatoms. The Hall–Kier alpha value is -3.15. The van der Waals surface area contributed by atoms with Crippen molar-refractivity contribution in [3.63, 3.8) is 0 Å². The summed E-state index contributed by atoms with van der Waals surface area (Å²) in [5, 5.41) is 12.3. The van der Waals surface area contributed by atoms with Gasteiger partial charge in [-0.2, -0.15) is 5.26 Å². The summed E-state index contributed by atoms with van der Waals surface area (Å²) in [6.07, 6.45) is 0.733. The van der Waals surface area contributed by atoms with Crippen LogP contribution in [0.1, 0.15) is 40.4 Å². The van der Waals surface area contributed by atoms with Crippen molar-refractivity contribution in [2.45, 2.75) is 32.7 Å². The smallest absolute Gasteiger partial charge is 0.266 e. The second-order valence-electron chi connectivity index (χ2n) is 7.91. The molecule has 1 aromatic heterocycles. The van der Waals surface area contributed by atoms with E-state index in [0.717, 1.165) is 30.0 Å². The zero-order valence-electron chi connectivity index (χ0n) is 18.9. The third kappa shape index (κ3) is 5.55. The SMILES string of the molecule is COc1ccc(C(CNC(=O)CCc2c(C)[nH]c(=O)c(C#N)c2C)N2CCOCC2)cc1. The molecule has 2 heterocycles. The number of methoxy groups -OCH3 is 1. The molecule has 1 fully saturated rings. The van der Waals surface area contributed by atoms with E-state index in [1.807, 2.05) is 30.3 Å². The molecule has 1 atom stereocenters. The van der Waals surface area contributed by atoms with Crippen LogP contribution in [0.4, 0.5) is 0 Å². The topological polar surface area (TPSA) is 107 Å². The minimum absolute atomic E-state index is 0.0375. The molecular weight excluding hydrogens is 408 g/mol. The molecule has 1 saturated heterocycles. The van der Waals surface area contributed by atoms with Crippen molar-refractivity contribution in [1.82, 2.24) is 15.2 Å². The van der Waals surface area contributed by atoms with Gasteiger partial charge in [0.15, 0.2) is 0 Å². The van der Waals surface area contributed by atoms with Gasteiger partial charge in [0.1, 0.15) is 17.4 Å². The first-order chi connectivity index (χ1) is 15.4. The van der Waals surface area contributed by atoms with E-state index in [9.17, 15) is 14.9 Å². The molecule has 1 amide bonds. The average molecular weight is 439 g/mol. The largest absolute Gasteiger partial charge is 0.497 e. The van der Waals surface area contributed by atoms with E-state index in [0.29, 0.717) is 37.4 Å². The average Bonchev–Trinajstić information content (AvgIpc) is 2.80. The fraction of sp³-hybridized carbons (Fsp3) is 0.458. The molecule has 1 aromatic carbocycles. The molecule has 3 rings (SSSR count). The number of amides is 1. The lowest BCUT2D eigenvalue weighted by Gasteiger charge is -2.35. The van der Waals surface area contributed by atoms with Gasteiger partial charge in [0, 0.05) is 31.7 Å². The quantitative estimate of drug-likeness (QED) is 0.653. The van der Waals surface area contributed by atoms with Crippen LogP contribution in [-0.4, -0.2) is 55.7 Å². The number of pyridine rings is 1. The fourth-order valence-corrected chi connectivity index (χ4v) is 4.13. The van der Waals surface area contributed by atoms with E-state index in [1.54, 1.807) is 21.0 Å². The zero-order valence-corrected chi connectivity index (χ0v) is 18.9. The first-order valence-corrected chi connectivity index (χ1v) is 10.8. The fourth-order valence-electron chi connectivity index (χ4n) is 4.13. The number of nitrogens with zero attached hydrogens (tertiary/aromatic N) is 2. The number of nitriles is 1. The second-order valence-corrected chi connectivity index (χ2v) is 7.91. The molecule has 170 valence electrons. The van der Waals surface area contributed by atoms with Crippen LogP contribution < -0.4 is 15.6 Å². The number of benzene rings is 1. The van der Waals surface area contributed by atoms with Gasteiger partial charge in [0.25, 0.3) is 5.56 Å². The lowest BCUT2D eigenvalue weighted by atomic mass is 9.99. The summed E-state index contributed by atoms with van der Waals surface area (Å²) < 4.78 is 10.8. The second kappa shape index (κ2) is 10.9. The third-order valence-electron chi connectivity index (χ3n) is 6.00. The van der Waals surface area contributed by atoms with Crippen molar-refractivity contribution < 1.29 is 14.3 Å².